The predicted octanol–water partition coefficient (Wildman–Crippen LogP) is 4.08. The maximum Gasteiger partial charge on any atom is 0.242 e. The maximum absolute atomic E-state index is 12.1. The number of hydrogen-bond acceptors (Lipinski definition) is 1. The summed E-state index contributed by atoms with van der Waals surface area (Å²) in [7, 11) is 0. The highest BCUT2D eigenvalue weighted by atomic mass is 35.5. The van der Waals surface area contributed by atoms with Gasteiger partial charge in [-0.15, -0.1) is 11.6 Å². The minimum Gasteiger partial charge on any atom is -0.307 e. The van der Waals surface area contributed by atoms with Crippen LogP contribution in [0.5, 0.6) is 0 Å². The molecular formula is C17H18ClNO. The molecule has 3 heteroatoms. The van der Waals surface area contributed by atoms with E-state index in [0.29, 0.717) is 6.54 Å². The van der Waals surface area contributed by atoms with Crippen molar-refractivity contribution in [1.29, 1.82) is 0 Å². The Morgan fingerprint density at radius 1 is 1.05 bits per heavy atom. The number of hydrogen-bond donors (Lipinski definition) is 0. The fourth-order valence-corrected chi connectivity index (χ4v) is 2.41. The van der Waals surface area contributed by atoms with Gasteiger partial charge in [0.15, 0.2) is 0 Å². The van der Waals surface area contributed by atoms with Crippen molar-refractivity contribution in [1.82, 2.24) is 0 Å². The third-order valence-electron chi connectivity index (χ3n) is 3.12. The summed E-state index contributed by atoms with van der Waals surface area (Å²) in [6.07, 6.45) is 0. The molecule has 2 nitrogen and oxygen atoms in total. The van der Waals surface area contributed by atoms with Gasteiger partial charge in [-0.1, -0.05) is 36.4 Å². The van der Waals surface area contributed by atoms with E-state index in [1.165, 1.54) is 0 Å². The highest BCUT2D eigenvalue weighted by molar-refractivity contribution is 6.29. The molecule has 0 aliphatic carbocycles. The van der Waals surface area contributed by atoms with Crippen molar-refractivity contribution in [2.24, 2.45) is 0 Å². The molecule has 0 saturated carbocycles. The number of anilines is 1. The standard InChI is InChI=1S/C17H18ClNO/c1-13-8-14(2)10-16(9-13)19(17(20)11-18)12-15-6-4-3-5-7-15/h3-10H,11-12H2,1-2H3. The third-order valence-corrected chi connectivity index (χ3v) is 3.35. The Morgan fingerprint density at radius 2 is 1.65 bits per heavy atom. The minimum absolute atomic E-state index is 0.0141. The van der Waals surface area contributed by atoms with Gasteiger partial charge in [-0.2, -0.15) is 0 Å². The van der Waals surface area contributed by atoms with Gasteiger partial charge in [0.05, 0.1) is 6.54 Å². The number of aryl methyl sites for hydroxylation is 2. The molecule has 0 aromatic heterocycles. The van der Waals surface area contributed by atoms with Gasteiger partial charge in [-0.05, 0) is 42.7 Å². The fourth-order valence-electron chi connectivity index (χ4n) is 2.27. The molecule has 20 heavy (non-hydrogen) atoms. The Bertz CT molecular complexity index is 575. The van der Waals surface area contributed by atoms with Crippen LogP contribution in [0.4, 0.5) is 5.69 Å². The molecular weight excluding hydrogens is 270 g/mol. The van der Waals surface area contributed by atoms with Crippen molar-refractivity contribution in [2.45, 2.75) is 20.4 Å². The average Bonchev–Trinajstić information content (AvgIpc) is 2.44. The van der Waals surface area contributed by atoms with Crippen LogP contribution in [0.15, 0.2) is 48.5 Å². The molecule has 0 fully saturated rings. The van der Waals surface area contributed by atoms with E-state index in [4.69, 9.17) is 11.6 Å². The molecule has 0 saturated heterocycles. The Morgan fingerprint density at radius 3 is 2.20 bits per heavy atom. The van der Waals surface area contributed by atoms with Crippen LogP contribution >= 0.6 is 11.6 Å². The number of halogens is 1. The first-order valence-electron chi connectivity index (χ1n) is 6.58. The summed E-state index contributed by atoms with van der Waals surface area (Å²) in [5.74, 6) is -0.0969. The quantitative estimate of drug-likeness (QED) is 0.776. The lowest BCUT2D eigenvalue weighted by Gasteiger charge is -2.23. The Hall–Kier alpha value is -1.80. The van der Waals surface area contributed by atoms with Gasteiger partial charge >= 0.3 is 0 Å². The second kappa shape index (κ2) is 6.58. The Labute approximate surface area is 125 Å². The lowest BCUT2D eigenvalue weighted by atomic mass is 10.1. The second-order valence-electron chi connectivity index (χ2n) is 4.95. The molecule has 0 aliphatic rings. The lowest BCUT2D eigenvalue weighted by Crippen LogP contribution is -2.31. The summed E-state index contributed by atoms with van der Waals surface area (Å²) in [5.41, 5.74) is 4.27. The zero-order valence-corrected chi connectivity index (χ0v) is 12.5. The first kappa shape index (κ1) is 14.6. The van der Waals surface area contributed by atoms with Crippen LogP contribution in [0.2, 0.25) is 0 Å². The van der Waals surface area contributed by atoms with E-state index in [9.17, 15) is 4.79 Å². The number of benzene rings is 2. The first-order valence-corrected chi connectivity index (χ1v) is 7.12. The van der Waals surface area contributed by atoms with Crippen molar-refractivity contribution in [3.63, 3.8) is 0 Å². The molecule has 104 valence electrons. The van der Waals surface area contributed by atoms with Crippen LogP contribution in [0.3, 0.4) is 0 Å². The summed E-state index contributed by atoms with van der Waals surface area (Å²) < 4.78 is 0. The third kappa shape index (κ3) is 3.61. The molecule has 0 radical (unpaired) electrons. The predicted molar refractivity (Wildman–Crippen MR) is 84.3 cm³/mol. The topological polar surface area (TPSA) is 20.3 Å². The molecule has 0 atom stereocenters. The summed E-state index contributed by atoms with van der Waals surface area (Å²) >= 11 is 5.75. The number of amides is 1. The van der Waals surface area contributed by atoms with E-state index in [0.717, 1.165) is 22.4 Å². The molecule has 1 amide bonds. The highest BCUT2D eigenvalue weighted by Crippen LogP contribution is 2.21. The number of rotatable bonds is 4. The number of nitrogens with zero attached hydrogens (tertiary/aromatic N) is 1. The minimum atomic E-state index is -0.0829. The molecule has 2 rings (SSSR count). The van der Waals surface area contributed by atoms with Crippen LogP contribution in [0, 0.1) is 13.8 Å². The Kier molecular flexibility index (Phi) is 4.80. The van der Waals surface area contributed by atoms with Crippen LogP contribution in [-0.2, 0) is 11.3 Å². The van der Waals surface area contributed by atoms with E-state index in [2.05, 4.69) is 6.07 Å². The molecule has 0 aliphatic heterocycles. The van der Waals surface area contributed by atoms with Gasteiger partial charge in [0, 0.05) is 5.69 Å². The monoisotopic (exact) mass is 287 g/mol. The summed E-state index contributed by atoms with van der Waals surface area (Å²) in [6, 6.07) is 16.1. The van der Waals surface area contributed by atoms with Crippen molar-refractivity contribution in [3.8, 4) is 0 Å². The van der Waals surface area contributed by atoms with Crippen LogP contribution in [0.1, 0.15) is 16.7 Å². The maximum atomic E-state index is 12.1. The van der Waals surface area contributed by atoms with Crippen molar-refractivity contribution in [3.05, 3.63) is 65.2 Å². The van der Waals surface area contributed by atoms with Gasteiger partial charge in [-0.3, -0.25) is 4.79 Å². The molecule has 0 N–H and O–H groups in total. The summed E-state index contributed by atoms with van der Waals surface area (Å²) in [5, 5.41) is 0. The largest absolute Gasteiger partial charge is 0.307 e. The van der Waals surface area contributed by atoms with Crippen LogP contribution < -0.4 is 4.90 Å². The number of carbonyl (C=O) groups excluding carboxylic acids is 1. The van der Waals surface area contributed by atoms with E-state index < -0.39 is 0 Å². The van der Waals surface area contributed by atoms with Crippen molar-refractivity contribution in [2.75, 3.05) is 10.8 Å². The summed E-state index contributed by atoms with van der Waals surface area (Å²) in [4.78, 5) is 13.9. The molecule has 0 bridgehead atoms. The van der Waals surface area contributed by atoms with Crippen LogP contribution in [0.25, 0.3) is 0 Å². The molecule has 0 heterocycles. The highest BCUT2D eigenvalue weighted by Gasteiger charge is 2.15. The first-order chi connectivity index (χ1) is 9.60. The smallest absolute Gasteiger partial charge is 0.242 e. The van der Waals surface area contributed by atoms with Gasteiger partial charge in [0.1, 0.15) is 5.88 Å². The lowest BCUT2D eigenvalue weighted by molar-refractivity contribution is -0.116. The number of alkyl halides is 1. The molecule has 0 spiro atoms. The molecule has 2 aromatic rings. The molecule has 0 unspecified atom stereocenters. The average molecular weight is 288 g/mol. The van der Waals surface area contributed by atoms with E-state index >= 15 is 0 Å². The second-order valence-corrected chi connectivity index (χ2v) is 5.21. The van der Waals surface area contributed by atoms with Crippen molar-refractivity contribution < 1.29 is 4.79 Å². The normalized spacial score (nSPS) is 10.3. The van der Waals surface area contributed by atoms with Gasteiger partial charge in [0.2, 0.25) is 5.91 Å². The summed E-state index contributed by atoms with van der Waals surface area (Å²) in [6.45, 7) is 4.60. The SMILES string of the molecule is Cc1cc(C)cc(N(Cc2ccccc2)C(=O)CCl)c1. The fraction of sp³-hybridized carbons (Fsp3) is 0.235. The van der Waals surface area contributed by atoms with E-state index in [-0.39, 0.29) is 11.8 Å². The number of carbonyl (C=O) groups is 1. The zero-order valence-electron chi connectivity index (χ0n) is 11.8. The van der Waals surface area contributed by atoms with Crippen molar-refractivity contribution >= 4 is 23.2 Å². The Balaban J connectivity index is 2.34. The zero-order chi connectivity index (χ0) is 14.5. The van der Waals surface area contributed by atoms with Gasteiger partial charge in [-0.25, -0.2) is 0 Å². The van der Waals surface area contributed by atoms with Gasteiger partial charge < -0.3 is 4.90 Å². The molecule has 2 aromatic carbocycles. The van der Waals surface area contributed by atoms with E-state index in [1.54, 1.807) is 4.90 Å². The van der Waals surface area contributed by atoms with Gasteiger partial charge in [0.25, 0.3) is 0 Å². The van der Waals surface area contributed by atoms with Crippen LogP contribution in [-0.4, -0.2) is 11.8 Å². The van der Waals surface area contributed by atoms with E-state index in [1.807, 2.05) is 56.3 Å².